The average Bonchev–Trinajstić information content (AvgIpc) is 2.69. The van der Waals surface area contributed by atoms with Gasteiger partial charge in [-0.25, -0.2) is 12.8 Å². The number of hydrogen-bond donors (Lipinski definition) is 1. The highest BCUT2D eigenvalue weighted by Gasteiger charge is 2.25. The molecule has 2 aromatic rings. The largest absolute Gasteiger partial charge is 0.339 e. The number of nitrogens with one attached hydrogen (secondary N) is 1. The molecule has 9 heteroatoms. The summed E-state index contributed by atoms with van der Waals surface area (Å²) >= 11 is 6.15. The molecule has 1 fully saturated rings. The zero-order valence-electron chi connectivity index (χ0n) is 16.2. The first-order chi connectivity index (χ1) is 13.7. The predicted molar refractivity (Wildman–Crippen MR) is 111 cm³/mol. The Labute approximate surface area is 175 Å². The minimum absolute atomic E-state index is 0.0959. The van der Waals surface area contributed by atoms with Crippen LogP contribution in [0.1, 0.15) is 23.2 Å². The van der Waals surface area contributed by atoms with Crippen molar-refractivity contribution in [2.45, 2.75) is 23.8 Å². The summed E-state index contributed by atoms with van der Waals surface area (Å²) in [7, 11) is -0.162. The smallest absolute Gasteiger partial charge is 0.261 e. The third-order valence-electron chi connectivity index (χ3n) is 5.14. The lowest BCUT2D eigenvalue weighted by Gasteiger charge is -2.35. The number of anilines is 1. The van der Waals surface area contributed by atoms with E-state index in [2.05, 4.69) is 16.7 Å². The van der Waals surface area contributed by atoms with E-state index in [4.69, 9.17) is 11.6 Å². The van der Waals surface area contributed by atoms with Crippen molar-refractivity contribution in [3.63, 3.8) is 0 Å². The van der Waals surface area contributed by atoms with Crippen LogP contribution >= 0.6 is 11.6 Å². The summed E-state index contributed by atoms with van der Waals surface area (Å²) in [5.41, 5.74) is 0.436. The second kappa shape index (κ2) is 8.69. The minimum atomic E-state index is -3.97. The number of piperidine rings is 1. The van der Waals surface area contributed by atoms with Gasteiger partial charge in [0.25, 0.3) is 15.9 Å². The standard InChI is InChI=1S/C20H23ClFN3O3S/c1-24-11-9-16(10-12-24)25(2)20(26)14-3-8-18(21)19(13-14)23-29(27,28)17-6-4-15(22)5-7-17/h3-8,13,16,23H,9-12H2,1-2H3. The number of halogens is 2. The third kappa shape index (κ3) is 5.07. The van der Waals surface area contributed by atoms with E-state index < -0.39 is 15.8 Å². The van der Waals surface area contributed by atoms with Gasteiger partial charge in [-0.1, -0.05) is 11.6 Å². The van der Waals surface area contributed by atoms with Crippen LogP contribution in [0.4, 0.5) is 10.1 Å². The highest BCUT2D eigenvalue weighted by molar-refractivity contribution is 7.92. The molecule has 0 spiro atoms. The summed E-state index contributed by atoms with van der Waals surface area (Å²) < 4.78 is 40.6. The zero-order chi connectivity index (χ0) is 21.2. The van der Waals surface area contributed by atoms with E-state index in [-0.39, 0.29) is 27.6 Å². The van der Waals surface area contributed by atoms with Crippen LogP contribution in [0.15, 0.2) is 47.4 Å². The van der Waals surface area contributed by atoms with E-state index >= 15 is 0 Å². The van der Waals surface area contributed by atoms with Crippen LogP contribution in [0.3, 0.4) is 0 Å². The second-order valence-electron chi connectivity index (χ2n) is 7.20. The van der Waals surface area contributed by atoms with Gasteiger partial charge in [0.05, 0.1) is 15.6 Å². The molecule has 3 rings (SSSR count). The lowest BCUT2D eigenvalue weighted by atomic mass is 10.0. The van der Waals surface area contributed by atoms with Crippen molar-refractivity contribution in [3.8, 4) is 0 Å². The lowest BCUT2D eigenvalue weighted by molar-refractivity contribution is 0.0659. The first-order valence-corrected chi connectivity index (χ1v) is 11.1. The fourth-order valence-corrected chi connectivity index (χ4v) is 4.60. The molecule has 1 N–H and O–H groups in total. The Morgan fingerprint density at radius 1 is 1.17 bits per heavy atom. The van der Waals surface area contributed by atoms with Crippen LogP contribution < -0.4 is 4.72 Å². The number of carbonyl (C=O) groups is 1. The summed E-state index contributed by atoms with van der Waals surface area (Å²) in [6.45, 7) is 1.84. The predicted octanol–water partition coefficient (Wildman–Crippen LogP) is 3.45. The zero-order valence-corrected chi connectivity index (χ0v) is 17.8. The van der Waals surface area contributed by atoms with Crippen molar-refractivity contribution in [1.82, 2.24) is 9.80 Å². The Hall–Kier alpha value is -2.16. The number of sulfonamides is 1. The number of hydrogen-bond acceptors (Lipinski definition) is 4. The number of rotatable bonds is 5. The molecule has 156 valence electrons. The van der Waals surface area contributed by atoms with Gasteiger partial charge in [-0.05, 0) is 75.4 Å². The monoisotopic (exact) mass is 439 g/mol. The van der Waals surface area contributed by atoms with E-state index in [0.29, 0.717) is 5.56 Å². The highest BCUT2D eigenvalue weighted by atomic mass is 35.5. The van der Waals surface area contributed by atoms with Crippen molar-refractivity contribution >= 4 is 33.2 Å². The van der Waals surface area contributed by atoms with E-state index in [0.717, 1.165) is 50.2 Å². The van der Waals surface area contributed by atoms with Gasteiger partial charge in [0.2, 0.25) is 0 Å². The Morgan fingerprint density at radius 2 is 1.79 bits per heavy atom. The van der Waals surface area contributed by atoms with Crippen molar-refractivity contribution in [1.29, 1.82) is 0 Å². The van der Waals surface area contributed by atoms with Crippen LogP contribution in [-0.2, 0) is 10.0 Å². The lowest BCUT2D eigenvalue weighted by Crippen LogP contribution is -2.44. The van der Waals surface area contributed by atoms with E-state index in [1.54, 1.807) is 18.0 Å². The topological polar surface area (TPSA) is 69.7 Å². The van der Waals surface area contributed by atoms with Crippen LogP contribution in [0.2, 0.25) is 5.02 Å². The van der Waals surface area contributed by atoms with E-state index in [1.807, 2.05) is 0 Å². The number of nitrogens with zero attached hydrogens (tertiary/aromatic N) is 2. The molecule has 1 saturated heterocycles. The molecule has 0 bridgehead atoms. The summed E-state index contributed by atoms with van der Waals surface area (Å²) in [4.78, 5) is 16.7. The van der Waals surface area contributed by atoms with Gasteiger partial charge in [0.1, 0.15) is 5.82 Å². The summed E-state index contributed by atoms with van der Waals surface area (Å²) in [6.07, 6.45) is 1.77. The number of carbonyl (C=O) groups excluding carboxylic acids is 1. The van der Waals surface area contributed by atoms with Crippen molar-refractivity contribution in [3.05, 3.63) is 58.9 Å². The Bertz CT molecular complexity index is 991. The van der Waals surface area contributed by atoms with Gasteiger partial charge in [-0.2, -0.15) is 0 Å². The van der Waals surface area contributed by atoms with Gasteiger partial charge >= 0.3 is 0 Å². The van der Waals surface area contributed by atoms with Gasteiger partial charge in [-0.3, -0.25) is 9.52 Å². The highest BCUT2D eigenvalue weighted by Crippen LogP contribution is 2.27. The van der Waals surface area contributed by atoms with Crippen LogP contribution in [0.5, 0.6) is 0 Å². The van der Waals surface area contributed by atoms with Gasteiger partial charge in [0.15, 0.2) is 0 Å². The molecule has 0 unspecified atom stereocenters. The molecular formula is C20H23ClFN3O3S. The average molecular weight is 440 g/mol. The molecule has 6 nitrogen and oxygen atoms in total. The summed E-state index contributed by atoms with van der Waals surface area (Å²) in [6, 6.07) is 9.07. The fourth-order valence-electron chi connectivity index (χ4n) is 3.31. The van der Waals surface area contributed by atoms with Crippen LogP contribution in [0.25, 0.3) is 0 Å². The summed E-state index contributed by atoms with van der Waals surface area (Å²) in [5.74, 6) is -0.732. The maximum absolute atomic E-state index is 13.1. The normalized spacial score (nSPS) is 15.9. The Morgan fingerprint density at radius 3 is 2.41 bits per heavy atom. The van der Waals surface area contributed by atoms with Crippen molar-refractivity contribution in [2.24, 2.45) is 0 Å². The third-order valence-corrected chi connectivity index (χ3v) is 6.85. The van der Waals surface area contributed by atoms with Crippen LogP contribution in [0, 0.1) is 5.82 Å². The molecule has 1 aliphatic heterocycles. The maximum atomic E-state index is 13.1. The molecule has 0 aromatic heterocycles. The first kappa shape index (κ1) is 21.5. The molecule has 29 heavy (non-hydrogen) atoms. The fraction of sp³-hybridized carbons (Fsp3) is 0.350. The van der Waals surface area contributed by atoms with Gasteiger partial charge in [-0.15, -0.1) is 0 Å². The molecular weight excluding hydrogens is 417 g/mol. The van der Waals surface area contributed by atoms with Gasteiger partial charge in [0, 0.05) is 18.7 Å². The SMILES string of the molecule is CN1CCC(N(C)C(=O)c2ccc(Cl)c(NS(=O)(=O)c3ccc(F)cc3)c2)CC1. The van der Waals surface area contributed by atoms with Crippen LogP contribution in [-0.4, -0.2) is 57.4 Å². The number of benzene rings is 2. The maximum Gasteiger partial charge on any atom is 0.261 e. The Balaban J connectivity index is 1.80. The van der Waals surface area contributed by atoms with E-state index in [9.17, 15) is 17.6 Å². The number of amides is 1. The molecule has 1 heterocycles. The second-order valence-corrected chi connectivity index (χ2v) is 9.29. The van der Waals surface area contributed by atoms with E-state index in [1.165, 1.54) is 12.1 Å². The molecule has 0 atom stereocenters. The van der Waals surface area contributed by atoms with Gasteiger partial charge < -0.3 is 9.80 Å². The quantitative estimate of drug-likeness (QED) is 0.774. The molecule has 1 aliphatic rings. The first-order valence-electron chi connectivity index (χ1n) is 9.21. The molecule has 0 aliphatic carbocycles. The van der Waals surface area contributed by atoms with Crippen molar-refractivity contribution in [2.75, 3.05) is 31.9 Å². The molecule has 1 amide bonds. The molecule has 2 aromatic carbocycles. The molecule has 0 radical (unpaired) electrons. The summed E-state index contributed by atoms with van der Waals surface area (Å²) in [5, 5.41) is 0.161. The van der Waals surface area contributed by atoms with Crippen molar-refractivity contribution < 1.29 is 17.6 Å². The number of likely N-dealkylation sites (tertiary alicyclic amines) is 1. The minimum Gasteiger partial charge on any atom is -0.339 e. The molecule has 0 saturated carbocycles. The Kier molecular flexibility index (Phi) is 6.45.